The Kier molecular flexibility index (Phi) is 5.47. The molecule has 0 fully saturated rings. The number of rotatable bonds is 4. The van der Waals surface area contributed by atoms with Gasteiger partial charge in [0.2, 0.25) is 5.16 Å². The first-order valence-electron chi connectivity index (χ1n) is 7.68. The van der Waals surface area contributed by atoms with Gasteiger partial charge in [-0.25, -0.2) is 13.2 Å². The number of alkyl halides is 3. The number of hydrogen-bond donors (Lipinski definition) is 1. The number of hydrogen-bond acceptors (Lipinski definition) is 5. The third-order valence-electron chi connectivity index (χ3n) is 3.78. The van der Waals surface area contributed by atoms with Crippen molar-refractivity contribution in [1.82, 2.24) is 19.6 Å². The Labute approximate surface area is 166 Å². The third kappa shape index (κ3) is 4.01. The fraction of sp³-hybridized carbons (Fsp3) is 0.267. The summed E-state index contributed by atoms with van der Waals surface area (Å²) in [6.07, 6.45) is -3.54. The summed E-state index contributed by atoms with van der Waals surface area (Å²) in [7, 11) is -1.74. The van der Waals surface area contributed by atoms with E-state index in [4.69, 9.17) is 11.6 Å². The second kappa shape index (κ2) is 7.44. The van der Waals surface area contributed by atoms with Crippen molar-refractivity contribution in [3.63, 3.8) is 0 Å². The number of halogens is 7. The predicted molar refractivity (Wildman–Crippen MR) is 92.6 cm³/mol. The van der Waals surface area contributed by atoms with Gasteiger partial charge in [-0.05, 0) is 6.92 Å². The Morgan fingerprint density at radius 3 is 2.24 bits per heavy atom. The van der Waals surface area contributed by atoms with Crippen LogP contribution in [0.15, 0.2) is 17.3 Å². The van der Waals surface area contributed by atoms with E-state index in [1.807, 2.05) is 5.32 Å². The first-order valence-corrected chi connectivity index (χ1v) is 9.61. The predicted octanol–water partition coefficient (Wildman–Crippen LogP) is 3.96. The molecule has 29 heavy (non-hydrogen) atoms. The fourth-order valence-electron chi connectivity index (χ4n) is 2.40. The van der Waals surface area contributed by atoms with E-state index in [1.54, 1.807) is 0 Å². The highest BCUT2D eigenvalue weighted by atomic mass is 35.5. The lowest BCUT2D eigenvalue weighted by Gasteiger charge is -2.21. The van der Waals surface area contributed by atoms with Gasteiger partial charge in [-0.3, -0.25) is 4.21 Å². The number of anilines is 1. The highest BCUT2D eigenvalue weighted by Crippen LogP contribution is 2.39. The Hall–Kier alpha value is -2.41. The molecule has 14 heteroatoms. The van der Waals surface area contributed by atoms with Crippen molar-refractivity contribution in [2.75, 3.05) is 11.6 Å². The van der Waals surface area contributed by atoms with Crippen LogP contribution in [0.2, 0.25) is 5.15 Å². The van der Waals surface area contributed by atoms with Gasteiger partial charge in [0, 0.05) is 18.4 Å². The van der Waals surface area contributed by atoms with E-state index in [0.29, 0.717) is 16.6 Å². The quantitative estimate of drug-likeness (QED) is 0.474. The number of nitrogens with one attached hydrogen (secondary N) is 1. The molecule has 3 rings (SSSR count). The SMILES string of the molecule is CC(Nc1c(-c2c(F)cc(F)cc2F)c(Cl)nc2nc(S(C)=O)nn12)C(F)(F)F. The van der Waals surface area contributed by atoms with Crippen LogP contribution in [0.5, 0.6) is 0 Å². The summed E-state index contributed by atoms with van der Waals surface area (Å²) in [5, 5.41) is 4.90. The average Bonchev–Trinajstić information content (AvgIpc) is 2.99. The summed E-state index contributed by atoms with van der Waals surface area (Å²) < 4.78 is 93.7. The van der Waals surface area contributed by atoms with E-state index in [-0.39, 0.29) is 10.9 Å². The van der Waals surface area contributed by atoms with Gasteiger partial charge in [0.05, 0.1) is 21.9 Å². The largest absolute Gasteiger partial charge is 0.408 e. The molecule has 0 spiro atoms. The molecule has 3 aromatic rings. The van der Waals surface area contributed by atoms with Crippen molar-refractivity contribution in [2.24, 2.45) is 0 Å². The molecule has 0 aliphatic carbocycles. The number of benzene rings is 1. The maximum absolute atomic E-state index is 14.4. The first kappa shape index (κ1) is 21.3. The molecule has 0 saturated heterocycles. The standard InChI is InChI=1S/C15H10ClF6N5OS/c1-5(15(20,21)22)23-12-10(9-7(18)3-6(17)4-8(9)19)11(16)24-13-25-14(29(2)28)26-27(12)13/h3-5,23H,1-2H3. The monoisotopic (exact) mass is 457 g/mol. The van der Waals surface area contributed by atoms with Crippen LogP contribution >= 0.6 is 11.6 Å². The topological polar surface area (TPSA) is 72.2 Å². The molecule has 0 aliphatic rings. The fourth-order valence-corrected chi connectivity index (χ4v) is 3.07. The summed E-state index contributed by atoms with van der Waals surface area (Å²) in [4.78, 5) is 7.55. The smallest absolute Gasteiger partial charge is 0.358 e. The van der Waals surface area contributed by atoms with Crippen molar-refractivity contribution < 1.29 is 30.6 Å². The molecule has 2 aromatic heterocycles. The Morgan fingerprint density at radius 2 is 1.72 bits per heavy atom. The van der Waals surface area contributed by atoms with Gasteiger partial charge in [0.15, 0.2) is 0 Å². The van der Waals surface area contributed by atoms with Crippen molar-refractivity contribution >= 4 is 34.0 Å². The molecule has 2 atom stereocenters. The van der Waals surface area contributed by atoms with Crippen LogP contribution in [0.25, 0.3) is 16.9 Å². The van der Waals surface area contributed by atoms with Gasteiger partial charge in [-0.2, -0.15) is 27.7 Å². The average molecular weight is 458 g/mol. The Morgan fingerprint density at radius 1 is 1.14 bits per heavy atom. The van der Waals surface area contributed by atoms with Gasteiger partial charge in [0.25, 0.3) is 5.78 Å². The van der Waals surface area contributed by atoms with E-state index in [0.717, 1.165) is 6.92 Å². The summed E-state index contributed by atoms with van der Waals surface area (Å²) >= 11 is 6.00. The van der Waals surface area contributed by atoms with Gasteiger partial charge in [0.1, 0.15) is 34.5 Å². The molecule has 0 aliphatic heterocycles. The van der Waals surface area contributed by atoms with Gasteiger partial charge < -0.3 is 5.32 Å². The summed E-state index contributed by atoms with van der Waals surface area (Å²) in [6, 6.07) is -1.54. The van der Waals surface area contributed by atoms with E-state index >= 15 is 0 Å². The lowest BCUT2D eigenvalue weighted by Crippen LogP contribution is -2.34. The highest BCUT2D eigenvalue weighted by molar-refractivity contribution is 7.84. The van der Waals surface area contributed by atoms with Crippen LogP contribution in [0, 0.1) is 17.5 Å². The van der Waals surface area contributed by atoms with E-state index in [1.165, 1.54) is 6.26 Å². The van der Waals surface area contributed by atoms with E-state index in [9.17, 15) is 30.6 Å². The minimum absolute atomic E-state index is 0.298. The first-order chi connectivity index (χ1) is 13.4. The van der Waals surface area contributed by atoms with Crippen LogP contribution in [-0.2, 0) is 10.8 Å². The molecule has 1 aromatic carbocycles. The van der Waals surface area contributed by atoms with Crippen molar-refractivity contribution in [1.29, 1.82) is 0 Å². The Bertz CT molecular complexity index is 1110. The summed E-state index contributed by atoms with van der Waals surface area (Å²) in [5.41, 5.74) is -1.55. The zero-order chi connectivity index (χ0) is 21.7. The minimum atomic E-state index is -4.75. The van der Waals surface area contributed by atoms with E-state index < -0.39 is 62.6 Å². The van der Waals surface area contributed by atoms with Crippen LogP contribution in [0.3, 0.4) is 0 Å². The molecule has 0 radical (unpaired) electrons. The second-order valence-electron chi connectivity index (χ2n) is 5.84. The van der Waals surface area contributed by atoms with Gasteiger partial charge in [-0.1, -0.05) is 11.6 Å². The third-order valence-corrected chi connectivity index (χ3v) is 4.74. The highest BCUT2D eigenvalue weighted by Gasteiger charge is 2.38. The molecular weight excluding hydrogens is 448 g/mol. The molecule has 2 heterocycles. The molecule has 0 saturated carbocycles. The maximum atomic E-state index is 14.4. The van der Waals surface area contributed by atoms with Crippen LogP contribution in [-0.4, -0.2) is 42.3 Å². The molecule has 0 bridgehead atoms. The number of fused-ring (bicyclic) bond motifs is 1. The summed E-state index contributed by atoms with van der Waals surface area (Å²) in [5.74, 6) is -5.06. The van der Waals surface area contributed by atoms with Crippen LogP contribution in [0.4, 0.5) is 32.2 Å². The van der Waals surface area contributed by atoms with E-state index in [2.05, 4.69) is 15.1 Å². The molecule has 6 nitrogen and oxygen atoms in total. The molecule has 0 amide bonds. The van der Waals surface area contributed by atoms with Crippen molar-refractivity contribution in [3.05, 3.63) is 34.7 Å². The Balaban J connectivity index is 2.38. The number of nitrogens with zero attached hydrogens (tertiary/aromatic N) is 4. The molecule has 156 valence electrons. The zero-order valence-electron chi connectivity index (χ0n) is 14.5. The van der Waals surface area contributed by atoms with Gasteiger partial charge >= 0.3 is 6.18 Å². The summed E-state index contributed by atoms with van der Waals surface area (Å²) in [6.45, 7) is 0.747. The molecule has 2 unspecified atom stereocenters. The lowest BCUT2D eigenvalue weighted by atomic mass is 10.1. The van der Waals surface area contributed by atoms with Crippen LogP contribution < -0.4 is 5.32 Å². The number of aromatic nitrogens is 4. The maximum Gasteiger partial charge on any atom is 0.408 e. The minimum Gasteiger partial charge on any atom is -0.358 e. The second-order valence-corrected chi connectivity index (χ2v) is 7.47. The van der Waals surface area contributed by atoms with Crippen molar-refractivity contribution in [2.45, 2.75) is 24.3 Å². The van der Waals surface area contributed by atoms with Crippen molar-refractivity contribution in [3.8, 4) is 11.1 Å². The molecular formula is C15H10ClF6N5OS. The normalized spacial score (nSPS) is 14.2. The lowest BCUT2D eigenvalue weighted by molar-refractivity contribution is -0.138. The zero-order valence-corrected chi connectivity index (χ0v) is 16.1. The van der Waals surface area contributed by atoms with Crippen LogP contribution in [0.1, 0.15) is 6.92 Å². The molecule has 1 N–H and O–H groups in total. The van der Waals surface area contributed by atoms with Gasteiger partial charge in [-0.15, -0.1) is 5.10 Å².